The van der Waals surface area contributed by atoms with Gasteiger partial charge in [-0.1, -0.05) is 13.8 Å². The van der Waals surface area contributed by atoms with Crippen molar-refractivity contribution >= 4 is 0 Å². The zero-order valence-corrected chi connectivity index (χ0v) is 12.1. The smallest absolute Gasteiger partial charge is 0.108 e. The lowest BCUT2D eigenvalue weighted by Gasteiger charge is -2.27. The van der Waals surface area contributed by atoms with E-state index in [0.29, 0.717) is 12.1 Å². The van der Waals surface area contributed by atoms with Crippen LogP contribution in [0.3, 0.4) is 0 Å². The summed E-state index contributed by atoms with van der Waals surface area (Å²) in [6.45, 7) is 5.71. The van der Waals surface area contributed by atoms with Crippen LogP contribution in [-0.2, 0) is 0 Å². The molecule has 0 spiro atoms. The van der Waals surface area contributed by atoms with Crippen LogP contribution >= 0.6 is 0 Å². The standard InChI is InChI=1S/C15H27N3/c1-12(2)7-9-18(3)14-6-8-15(10-14,11-16)17-13-4-5-13/h12-14,17H,4-10H2,1-3H3. The average molecular weight is 249 g/mol. The molecule has 102 valence electrons. The van der Waals surface area contributed by atoms with Crippen LogP contribution in [0.15, 0.2) is 0 Å². The van der Waals surface area contributed by atoms with E-state index in [0.717, 1.165) is 25.3 Å². The van der Waals surface area contributed by atoms with Gasteiger partial charge in [-0.3, -0.25) is 5.32 Å². The van der Waals surface area contributed by atoms with Crippen molar-refractivity contribution in [3.8, 4) is 6.07 Å². The second-order valence-electron chi connectivity index (χ2n) is 6.67. The van der Waals surface area contributed by atoms with Crippen LogP contribution in [0.1, 0.15) is 52.4 Å². The monoisotopic (exact) mass is 249 g/mol. The second kappa shape index (κ2) is 5.59. The van der Waals surface area contributed by atoms with Crippen molar-refractivity contribution in [2.75, 3.05) is 13.6 Å². The van der Waals surface area contributed by atoms with E-state index in [-0.39, 0.29) is 5.54 Å². The molecule has 2 saturated carbocycles. The molecule has 2 atom stereocenters. The Morgan fingerprint density at radius 2 is 2.11 bits per heavy atom. The van der Waals surface area contributed by atoms with Gasteiger partial charge in [-0.15, -0.1) is 0 Å². The van der Waals surface area contributed by atoms with E-state index in [2.05, 4.69) is 37.2 Å². The summed E-state index contributed by atoms with van der Waals surface area (Å²) in [7, 11) is 2.22. The first kappa shape index (κ1) is 13.8. The number of hydrogen-bond donors (Lipinski definition) is 1. The summed E-state index contributed by atoms with van der Waals surface area (Å²) in [5, 5.41) is 13.1. The number of nitrogens with one attached hydrogen (secondary N) is 1. The van der Waals surface area contributed by atoms with Crippen LogP contribution in [0.5, 0.6) is 0 Å². The lowest BCUT2D eigenvalue weighted by atomic mass is 9.99. The molecule has 2 rings (SSSR count). The van der Waals surface area contributed by atoms with Crippen molar-refractivity contribution < 1.29 is 0 Å². The molecule has 0 aliphatic heterocycles. The van der Waals surface area contributed by atoms with E-state index in [1.807, 2.05) is 0 Å². The first-order chi connectivity index (χ1) is 8.54. The van der Waals surface area contributed by atoms with E-state index >= 15 is 0 Å². The van der Waals surface area contributed by atoms with E-state index in [1.54, 1.807) is 0 Å². The molecule has 1 N–H and O–H groups in total. The van der Waals surface area contributed by atoms with Gasteiger partial charge >= 0.3 is 0 Å². The molecule has 0 saturated heterocycles. The van der Waals surface area contributed by atoms with Gasteiger partial charge in [0.2, 0.25) is 0 Å². The normalized spacial score (nSPS) is 32.1. The highest BCUT2D eigenvalue weighted by atomic mass is 15.2. The van der Waals surface area contributed by atoms with E-state index in [4.69, 9.17) is 0 Å². The summed E-state index contributed by atoms with van der Waals surface area (Å²) in [4.78, 5) is 2.47. The van der Waals surface area contributed by atoms with Crippen LogP contribution in [0.4, 0.5) is 0 Å². The summed E-state index contributed by atoms with van der Waals surface area (Å²) >= 11 is 0. The maximum absolute atomic E-state index is 9.48. The van der Waals surface area contributed by atoms with Crippen LogP contribution in [0.2, 0.25) is 0 Å². The van der Waals surface area contributed by atoms with Gasteiger partial charge in [-0.25, -0.2) is 0 Å². The first-order valence-electron chi connectivity index (χ1n) is 7.44. The van der Waals surface area contributed by atoms with Crippen molar-refractivity contribution in [3.05, 3.63) is 0 Å². The van der Waals surface area contributed by atoms with Crippen molar-refractivity contribution in [2.45, 2.75) is 70.0 Å². The summed E-state index contributed by atoms with van der Waals surface area (Å²) in [6.07, 6.45) is 6.98. The van der Waals surface area contributed by atoms with Gasteiger partial charge in [0.1, 0.15) is 5.54 Å². The minimum absolute atomic E-state index is 0.224. The molecule has 18 heavy (non-hydrogen) atoms. The van der Waals surface area contributed by atoms with Crippen molar-refractivity contribution in [2.24, 2.45) is 5.92 Å². The van der Waals surface area contributed by atoms with Crippen LogP contribution in [-0.4, -0.2) is 36.1 Å². The number of nitrogens with zero attached hydrogens (tertiary/aromatic N) is 2. The highest BCUT2D eigenvalue weighted by molar-refractivity contribution is 5.15. The molecular weight excluding hydrogens is 222 g/mol. The van der Waals surface area contributed by atoms with Crippen molar-refractivity contribution in [1.29, 1.82) is 5.26 Å². The third-order valence-corrected chi connectivity index (χ3v) is 4.44. The summed E-state index contributed by atoms with van der Waals surface area (Å²) in [5.41, 5.74) is -0.224. The molecule has 2 fully saturated rings. The molecule has 0 bridgehead atoms. The lowest BCUT2D eigenvalue weighted by molar-refractivity contribution is 0.224. The Hall–Kier alpha value is -0.590. The van der Waals surface area contributed by atoms with Gasteiger partial charge in [-0.2, -0.15) is 5.26 Å². The molecule has 0 aromatic heterocycles. The van der Waals surface area contributed by atoms with Gasteiger partial charge in [0.25, 0.3) is 0 Å². The van der Waals surface area contributed by atoms with Crippen LogP contribution in [0.25, 0.3) is 0 Å². The Labute approximate surface area is 112 Å². The predicted molar refractivity (Wildman–Crippen MR) is 74.2 cm³/mol. The molecule has 0 aromatic rings. The maximum Gasteiger partial charge on any atom is 0.108 e. The van der Waals surface area contributed by atoms with Crippen molar-refractivity contribution in [1.82, 2.24) is 10.2 Å². The van der Waals surface area contributed by atoms with Gasteiger partial charge in [0, 0.05) is 12.1 Å². The Bertz CT molecular complexity index is 316. The molecule has 0 amide bonds. The van der Waals surface area contributed by atoms with Gasteiger partial charge in [-0.05, 0) is 58.0 Å². The SMILES string of the molecule is CC(C)CCN(C)C1CCC(C#N)(NC2CC2)C1. The Kier molecular flexibility index (Phi) is 4.29. The average Bonchev–Trinajstić information content (AvgIpc) is 3.04. The summed E-state index contributed by atoms with van der Waals surface area (Å²) in [6, 6.07) is 3.78. The third kappa shape index (κ3) is 3.46. The van der Waals surface area contributed by atoms with Gasteiger partial charge in [0.15, 0.2) is 0 Å². The quantitative estimate of drug-likeness (QED) is 0.786. The first-order valence-corrected chi connectivity index (χ1v) is 7.44. The Balaban J connectivity index is 1.83. The number of hydrogen-bond acceptors (Lipinski definition) is 3. The highest BCUT2D eigenvalue weighted by Gasteiger charge is 2.43. The summed E-state index contributed by atoms with van der Waals surface area (Å²) in [5.74, 6) is 0.763. The molecule has 0 aromatic carbocycles. The Morgan fingerprint density at radius 1 is 1.39 bits per heavy atom. The molecule has 0 heterocycles. The molecular formula is C15H27N3. The van der Waals surface area contributed by atoms with Gasteiger partial charge in [0.05, 0.1) is 6.07 Å². The topological polar surface area (TPSA) is 39.1 Å². The lowest BCUT2D eigenvalue weighted by Crippen LogP contribution is -2.44. The molecule has 2 aliphatic rings. The highest BCUT2D eigenvalue weighted by Crippen LogP contribution is 2.35. The summed E-state index contributed by atoms with van der Waals surface area (Å²) < 4.78 is 0. The third-order valence-electron chi connectivity index (χ3n) is 4.44. The van der Waals surface area contributed by atoms with Crippen LogP contribution in [0, 0.1) is 17.2 Å². The largest absolute Gasteiger partial charge is 0.303 e. The van der Waals surface area contributed by atoms with Crippen LogP contribution < -0.4 is 5.32 Å². The Morgan fingerprint density at radius 3 is 2.67 bits per heavy atom. The predicted octanol–water partition coefficient (Wildman–Crippen LogP) is 2.53. The molecule has 0 radical (unpaired) electrons. The molecule has 3 nitrogen and oxygen atoms in total. The van der Waals surface area contributed by atoms with E-state index < -0.39 is 0 Å². The van der Waals surface area contributed by atoms with Crippen molar-refractivity contribution in [3.63, 3.8) is 0 Å². The van der Waals surface area contributed by atoms with E-state index in [9.17, 15) is 5.26 Å². The molecule has 2 unspecified atom stereocenters. The second-order valence-corrected chi connectivity index (χ2v) is 6.67. The zero-order chi connectivity index (χ0) is 13.2. The minimum Gasteiger partial charge on any atom is -0.303 e. The zero-order valence-electron chi connectivity index (χ0n) is 12.1. The minimum atomic E-state index is -0.224. The number of rotatable bonds is 6. The fourth-order valence-corrected chi connectivity index (χ4v) is 2.92. The fraction of sp³-hybridized carbons (Fsp3) is 0.933. The maximum atomic E-state index is 9.48. The van der Waals surface area contributed by atoms with E-state index in [1.165, 1.54) is 25.7 Å². The fourth-order valence-electron chi connectivity index (χ4n) is 2.92. The number of nitriles is 1. The molecule has 3 heteroatoms. The van der Waals surface area contributed by atoms with Gasteiger partial charge < -0.3 is 4.90 Å². The molecule has 2 aliphatic carbocycles.